The summed E-state index contributed by atoms with van der Waals surface area (Å²) in [5, 5.41) is 21.3. The number of nitrogens with zero attached hydrogens (tertiary/aromatic N) is 2. The van der Waals surface area contributed by atoms with Crippen molar-refractivity contribution in [2.45, 2.75) is 96.6 Å². The molecule has 0 bridgehead atoms. The Bertz CT molecular complexity index is 989. The molecule has 0 spiro atoms. The van der Waals surface area contributed by atoms with Crippen LogP contribution in [0.2, 0.25) is 0 Å². The number of carboxylic acid groups (broad SMARTS) is 1. The molecule has 2 atom stereocenters. The number of hydrogen-bond acceptors (Lipinski definition) is 4. The highest BCUT2D eigenvalue weighted by atomic mass is 16.4. The Labute approximate surface area is 202 Å². The Kier molecular flexibility index (Phi) is 6.96. The summed E-state index contributed by atoms with van der Waals surface area (Å²) in [4.78, 5) is 39.8. The minimum atomic E-state index is -1.23. The van der Waals surface area contributed by atoms with Crippen LogP contribution in [0.5, 0.6) is 0 Å². The van der Waals surface area contributed by atoms with Gasteiger partial charge in [-0.25, -0.2) is 4.79 Å². The first kappa shape index (κ1) is 25.0. The summed E-state index contributed by atoms with van der Waals surface area (Å²) in [5.41, 5.74) is -1.41. The summed E-state index contributed by atoms with van der Waals surface area (Å²) >= 11 is 0. The highest BCUT2D eigenvalue weighted by Gasteiger charge is 2.49. The van der Waals surface area contributed by atoms with Gasteiger partial charge in [-0.3, -0.25) is 9.59 Å². The van der Waals surface area contributed by atoms with Gasteiger partial charge >= 0.3 is 5.97 Å². The SMILES string of the molecule is CC(CC1CCCCC1)C(=O)N1CC[C@@](O)(Cn2cc(C(=O)O)c(C3CC3)cc2=O)C(C)(C)C1. The number of aliphatic hydroxyl groups is 1. The largest absolute Gasteiger partial charge is 0.478 e. The van der Waals surface area contributed by atoms with Crippen LogP contribution >= 0.6 is 0 Å². The van der Waals surface area contributed by atoms with E-state index in [1.54, 1.807) is 0 Å². The first-order chi connectivity index (χ1) is 16.0. The lowest BCUT2D eigenvalue weighted by atomic mass is 9.69. The zero-order valence-electron chi connectivity index (χ0n) is 20.9. The van der Waals surface area contributed by atoms with Crippen LogP contribution in [-0.2, 0) is 11.3 Å². The molecule has 3 fully saturated rings. The van der Waals surface area contributed by atoms with Gasteiger partial charge in [0.15, 0.2) is 0 Å². The summed E-state index contributed by atoms with van der Waals surface area (Å²) in [6.45, 7) is 6.76. The molecule has 3 aliphatic rings. The normalized spacial score (nSPS) is 26.3. The lowest BCUT2D eigenvalue weighted by Gasteiger charge is -2.51. The number of hydrogen-bond donors (Lipinski definition) is 2. The van der Waals surface area contributed by atoms with Gasteiger partial charge in [0.25, 0.3) is 5.56 Å². The third-order valence-electron chi connectivity index (χ3n) is 8.62. The van der Waals surface area contributed by atoms with Crippen molar-refractivity contribution in [1.82, 2.24) is 9.47 Å². The molecule has 2 N–H and O–H groups in total. The number of piperidine rings is 1. The van der Waals surface area contributed by atoms with E-state index in [4.69, 9.17) is 0 Å². The van der Waals surface area contributed by atoms with Crippen molar-refractivity contribution >= 4 is 11.9 Å². The van der Waals surface area contributed by atoms with Crippen LogP contribution in [0.25, 0.3) is 0 Å². The zero-order chi connectivity index (χ0) is 24.7. The maximum atomic E-state index is 13.2. The Hall–Kier alpha value is -2.15. The van der Waals surface area contributed by atoms with Crippen LogP contribution < -0.4 is 5.56 Å². The predicted molar refractivity (Wildman–Crippen MR) is 130 cm³/mol. The molecule has 1 unspecified atom stereocenters. The first-order valence-corrected chi connectivity index (χ1v) is 13.0. The third-order valence-corrected chi connectivity index (χ3v) is 8.62. The van der Waals surface area contributed by atoms with Crippen molar-refractivity contribution in [2.75, 3.05) is 13.1 Å². The van der Waals surface area contributed by atoms with Gasteiger partial charge in [-0.1, -0.05) is 52.9 Å². The van der Waals surface area contributed by atoms with Crippen molar-refractivity contribution < 1.29 is 19.8 Å². The average molecular weight is 473 g/mol. The molecule has 2 heterocycles. The van der Waals surface area contributed by atoms with E-state index in [9.17, 15) is 24.6 Å². The van der Waals surface area contributed by atoms with Crippen LogP contribution in [0.15, 0.2) is 17.1 Å². The zero-order valence-corrected chi connectivity index (χ0v) is 20.9. The molecule has 1 saturated heterocycles. The number of aromatic carboxylic acids is 1. The second-order valence-corrected chi connectivity index (χ2v) is 11.8. The van der Waals surface area contributed by atoms with E-state index in [-0.39, 0.29) is 35.4 Å². The summed E-state index contributed by atoms with van der Waals surface area (Å²) in [6, 6.07) is 1.43. The molecule has 1 aromatic rings. The summed E-state index contributed by atoms with van der Waals surface area (Å²) in [7, 11) is 0. The highest BCUT2D eigenvalue weighted by Crippen LogP contribution is 2.42. The van der Waals surface area contributed by atoms with E-state index in [1.165, 1.54) is 48.9 Å². The van der Waals surface area contributed by atoms with Crippen LogP contribution in [0.4, 0.5) is 0 Å². The smallest absolute Gasteiger partial charge is 0.337 e. The van der Waals surface area contributed by atoms with Gasteiger partial charge in [0.05, 0.1) is 17.7 Å². The number of carbonyl (C=O) groups excluding carboxylic acids is 1. The van der Waals surface area contributed by atoms with Crippen molar-refractivity contribution in [3.8, 4) is 0 Å². The molecule has 0 radical (unpaired) electrons. The molecule has 2 aliphatic carbocycles. The highest BCUT2D eigenvalue weighted by molar-refractivity contribution is 5.89. The molecule has 1 aliphatic heterocycles. The number of likely N-dealkylation sites (tertiary alicyclic amines) is 1. The first-order valence-electron chi connectivity index (χ1n) is 13.0. The fraction of sp³-hybridized carbons (Fsp3) is 0.741. The van der Waals surface area contributed by atoms with Crippen molar-refractivity contribution in [2.24, 2.45) is 17.3 Å². The molecule has 1 aromatic heterocycles. The molecule has 2 saturated carbocycles. The van der Waals surface area contributed by atoms with Crippen molar-refractivity contribution in [3.63, 3.8) is 0 Å². The number of carboxylic acids is 1. The van der Waals surface area contributed by atoms with Crippen LogP contribution in [-0.4, -0.2) is 50.2 Å². The number of carbonyl (C=O) groups is 2. The molecular weight excluding hydrogens is 432 g/mol. The van der Waals surface area contributed by atoms with Gasteiger partial charge in [-0.15, -0.1) is 0 Å². The molecule has 0 aromatic carbocycles. The maximum absolute atomic E-state index is 13.2. The van der Waals surface area contributed by atoms with Crippen molar-refractivity contribution in [3.05, 3.63) is 33.7 Å². The topological polar surface area (TPSA) is 99.8 Å². The number of aromatic nitrogens is 1. The van der Waals surface area contributed by atoms with Gasteiger partial charge in [0.2, 0.25) is 5.91 Å². The van der Waals surface area contributed by atoms with Crippen LogP contribution in [0, 0.1) is 17.3 Å². The molecule has 7 nitrogen and oxygen atoms in total. The summed E-state index contributed by atoms with van der Waals surface area (Å²) < 4.78 is 1.35. The minimum Gasteiger partial charge on any atom is -0.478 e. The second kappa shape index (κ2) is 9.48. The van der Waals surface area contributed by atoms with Crippen LogP contribution in [0.1, 0.15) is 100 Å². The molecule has 7 heteroatoms. The van der Waals surface area contributed by atoms with Gasteiger partial charge in [-0.05, 0) is 43.1 Å². The standard InChI is InChI=1S/C27H40N2O5/c1-18(13-19-7-5-4-6-8-19)24(31)28-12-11-27(34,26(2,3)16-28)17-29-15-22(25(32)33)21(14-23(29)30)20-9-10-20/h14-15,18-20,34H,4-13,16-17H2,1-3H3,(H,32,33)/t18?,27-/m1/s1. The molecule has 1 amide bonds. The Balaban J connectivity index is 1.46. The maximum Gasteiger partial charge on any atom is 0.337 e. The molecule has 34 heavy (non-hydrogen) atoms. The van der Waals surface area contributed by atoms with Gasteiger partial charge < -0.3 is 19.7 Å². The van der Waals surface area contributed by atoms with E-state index in [2.05, 4.69) is 0 Å². The van der Waals surface area contributed by atoms with E-state index < -0.39 is 17.0 Å². The quantitative estimate of drug-likeness (QED) is 0.624. The number of pyridine rings is 1. The molecule has 188 valence electrons. The third kappa shape index (κ3) is 5.09. The van der Waals surface area contributed by atoms with Gasteiger partial charge in [-0.2, -0.15) is 0 Å². The van der Waals surface area contributed by atoms with E-state index in [0.29, 0.717) is 31.0 Å². The lowest BCUT2D eigenvalue weighted by molar-refractivity contribution is -0.157. The number of rotatable bonds is 7. The van der Waals surface area contributed by atoms with Gasteiger partial charge in [0.1, 0.15) is 0 Å². The Morgan fingerprint density at radius 1 is 1.15 bits per heavy atom. The van der Waals surface area contributed by atoms with E-state index >= 15 is 0 Å². The number of amides is 1. The minimum absolute atomic E-state index is 0.0176. The average Bonchev–Trinajstić information content (AvgIpc) is 3.62. The summed E-state index contributed by atoms with van der Waals surface area (Å²) in [6.07, 6.45) is 10.8. The summed E-state index contributed by atoms with van der Waals surface area (Å²) in [5.74, 6) is -0.135. The Morgan fingerprint density at radius 3 is 2.41 bits per heavy atom. The predicted octanol–water partition coefficient (Wildman–Crippen LogP) is 4.02. The second-order valence-electron chi connectivity index (χ2n) is 11.8. The molecule has 4 rings (SSSR count). The van der Waals surface area contributed by atoms with Crippen LogP contribution in [0.3, 0.4) is 0 Å². The molecular formula is C27H40N2O5. The van der Waals surface area contributed by atoms with E-state index in [0.717, 1.165) is 19.3 Å². The van der Waals surface area contributed by atoms with Crippen molar-refractivity contribution in [1.29, 1.82) is 0 Å². The fourth-order valence-corrected chi connectivity index (χ4v) is 6.08. The fourth-order valence-electron chi connectivity index (χ4n) is 6.08. The Morgan fingerprint density at radius 2 is 1.82 bits per heavy atom. The van der Waals surface area contributed by atoms with E-state index in [1.807, 2.05) is 25.7 Å². The monoisotopic (exact) mass is 472 g/mol. The lowest BCUT2D eigenvalue weighted by Crippen LogP contribution is -2.61. The van der Waals surface area contributed by atoms with Gasteiger partial charge in [0, 0.05) is 36.7 Å².